The van der Waals surface area contributed by atoms with Crippen molar-refractivity contribution in [3.05, 3.63) is 34.9 Å². The van der Waals surface area contributed by atoms with Crippen molar-refractivity contribution in [1.29, 1.82) is 0 Å². The van der Waals surface area contributed by atoms with Gasteiger partial charge in [-0.15, -0.1) is 0 Å². The number of likely N-dealkylation sites (tertiary alicyclic amines) is 1. The molecule has 2 rings (SSSR count). The summed E-state index contributed by atoms with van der Waals surface area (Å²) in [6, 6.07) is 0.387. The van der Waals surface area contributed by atoms with Gasteiger partial charge in [-0.25, -0.2) is 17.6 Å². The monoisotopic (exact) mass is 319 g/mol. The molecule has 122 valence electrons. The summed E-state index contributed by atoms with van der Waals surface area (Å²) in [5.74, 6) is -7.70. The van der Waals surface area contributed by atoms with Gasteiger partial charge in [-0.1, -0.05) is 6.92 Å². The highest BCUT2D eigenvalue weighted by atomic mass is 19.2. The number of carbonyl (C=O) groups is 1. The first kappa shape index (κ1) is 16.7. The van der Waals surface area contributed by atoms with Gasteiger partial charge < -0.3 is 10.0 Å². The van der Waals surface area contributed by atoms with Gasteiger partial charge in [0.05, 0.1) is 5.56 Å². The molecule has 1 heterocycles. The SMILES string of the molecule is CC(CO)C1CCN(C(=O)c2cc(F)c(F)c(F)c2F)CC1. The highest BCUT2D eigenvalue weighted by Crippen LogP contribution is 2.27. The van der Waals surface area contributed by atoms with E-state index in [0.29, 0.717) is 32.0 Å². The van der Waals surface area contributed by atoms with Gasteiger partial charge in [-0.3, -0.25) is 4.79 Å². The van der Waals surface area contributed by atoms with Crippen LogP contribution in [0.2, 0.25) is 0 Å². The van der Waals surface area contributed by atoms with Gasteiger partial charge in [0.25, 0.3) is 5.91 Å². The van der Waals surface area contributed by atoms with E-state index in [2.05, 4.69) is 0 Å². The molecular formula is C15H17F4NO2. The maximum absolute atomic E-state index is 13.6. The third-order valence-corrected chi connectivity index (χ3v) is 4.25. The number of amides is 1. The Morgan fingerprint density at radius 2 is 1.82 bits per heavy atom. The van der Waals surface area contributed by atoms with Gasteiger partial charge in [-0.2, -0.15) is 0 Å². The van der Waals surface area contributed by atoms with Crippen molar-refractivity contribution >= 4 is 5.91 Å². The summed E-state index contributed by atoms with van der Waals surface area (Å²) in [6.07, 6.45) is 1.22. The molecule has 1 N–H and O–H groups in total. The molecule has 22 heavy (non-hydrogen) atoms. The van der Waals surface area contributed by atoms with Gasteiger partial charge in [-0.05, 0) is 30.7 Å². The molecule has 0 radical (unpaired) electrons. The lowest BCUT2D eigenvalue weighted by molar-refractivity contribution is 0.0626. The fraction of sp³-hybridized carbons (Fsp3) is 0.533. The van der Waals surface area contributed by atoms with E-state index in [0.717, 1.165) is 0 Å². The zero-order valence-electron chi connectivity index (χ0n) is 12.1. The first-order valence-corrected chi connectivity index (χ1v) is 7.10. The second-order valence-electron chi connectivity index (χ2n) is 5.64. The van der Waals surface area contributed by atoms with Crippen LogP contribution in [0.3, 0.4) is 0 Å². The Kier molecular flexibility index (Phi) is 5.05. The molecule has 1 aromatic rings. The van der Waals surface area contributed by atoms with Crippen molar-refractivity contribution in [2.45, 2.75) is 19.8 Å². The van der Waals surface area contributed by atoms with E-state index in [1.807, 2.05) is 6.92 Å². The Morgan fingerprint density at radius 3 is 2.36 bits per heavy atom. The van der Waals surface area contributed by atoms with Crippen LogP contribution in [0.4, 0.5) is 17.6 Å². The Bertz CT molecular complexity index is 571. The number of benzene rings is 1. The number of hydrogen-bond donors (Lipinski definition) is 1. The smallest absolute Gasteiger partial charge is 0.257 e. The van der Waals surface area contributed by atoms with E-state index in [1.54, 1.807) is 0 Å². The Balaban J connectivity index is 2.14. The summed E-state index contributed by atoms with van der Waals surface area (Å²) in [5.41, 5.74) is -0.801. The average molecular weight is 319 g/mol. The van der Waals surface area contributed by atoms with E-state index in [4.69, 9.17) is 5.11 Å². The number of rotatable bonds is 3. The Hall–Kier alpha value is -1.63. The molecule has 1 fully saturated rings. The minimum atomic E-state index is -1.98. The molecule has 0 aromatic heterocycles. The number of piperidine rings is 1. The summed E-state index contributed by atoms with van der Waals surface area (Å²) in [7, 11) is 0. The third kappa shape index (κ3) is 3.09. The van der Waals surface area contributed by atoms with Gasteiger partial charge in [0, 0.05) is 19.7 Å². The highest BCUT2D eigenvalue weighted by Gasteiger charge is 2.30. The van der Waals surface area contributed by atoms with Crippen molar-refractivity contribution in [2.24, 2.45) is 11.8 Å². The molecular weight excluding hydrogens is 302 g/mol. The Labute approximate surface area is 125 Å². The van der Waals surface area contributed by atoms with E-state index in [1.165, 1.54) is 4.90 Å². The van der Waals surface area contributed by atoms with Crippen LogP contribution >= 0.6 is 0 Å². The molecule has 1 aliphatic rings. The minimum Gasteiger partial charge on any atom is -0.396 e. The Morgan fingerprint density at radius 1 is 1.23 bits per heavy atom. The molecule has 1 amide bonds. The van der Waals surface area contributed by atoms with Crippen LogP contribution in [0.15, 0.2) is 6.07 Å². The summed E-state index contributed by atoms with van der Waals surface area (Å²) >= 11 is 0. The lowest BCUT2D eigenvalue weighted by Crippen LogP contribution is -2.40. The molecule has 1 saturated heterocycles. The molecule has 0 saturated carbocycles. The van der Waals surface area contributed by atoms with Gasteiger partial charge in [0.1, 0.15) is 0 Å². The first-order chi connectivity index (χ1) is 10.4. The lowest BCUT2D eigenvalue weighted by Gasteiger charge is -2.34. The molecule has 1 atom stereocenters. The maximum atomic E-state index is 13.6. The van der Waals surface area contributed by atoms with Crippen LogP contribution in [0.1, 0.15) is 30.1 Å². The topological polar surface area (TPSA) is 40.5 Å². The minimum absolute atomic E-state index is 0.0433. The lowest BCUT2D eigenvalue weighted by atomic mass is 9.86. The van der Waals surface area contributed by atoms with E-state index in [9.17, 15) is 22.4 Å². The highest BCUT2D eigenvalue weighted by molar-refractivity contribution is 5.94. The van der Waals surface area contributed by atoms with Gasteiger partial charge >= 0.3 is 0 Å². The first-order valence-electron chi connectivity index (χ1n) is 7.10. The zero-order valence-corrected chi connectivity index (χ0v) is 12.1. The number of hydrogen-bond acceptors (Lipinski definition) is 2. The summed E-state index contributed by atoms with van der Waals surface area (Å²) in [6.45, 7) is 2.54. The van der Waals surface area contributed by atoms with Crippen molar-refractivity contribution < 1.29 is 27.5 Å². The standard InChI is InChI=1S/C15H17F4NO2/c1-8(7-21)9-2-4-20(5-3-9)15(22)10-6-11(16)13(18)14(19)12(10)17/h6,8-9,21H,2-5,7H2,1H3. The van der Waals surface area contributed by atoms with Crippen LogP contribution in [-0.2, 0) is 0 Å². The second kappa shape index (κ2) is 6.64. The predicted octanol–water partition coefficient (Wildman–Crippen LogP) is 2.72. The van der Waals surface area contributed by atoms with Crippen LogP contribution in [0, 0.1) is 35.1 Å². The van der Waals surface area contributed by atoms with Crippen LogP contribution in [0.25, 0.3) is 0 Å². The quantitative estimate of drug-likeness (QED) is 0.529. The predicted molar refractivity (Wildman–Crippen MR) is 71.2 cm³/mol. The molecule has 1 unspecified atom stereocenters. The number of nitrogens with zero attached hydrogens (tertiary/aromatic N) is 1. The molecule has 1 aromatic carbocycles. The molecule has 7 heteroatoms. The van der Waals surface area contributed by atoms with E-state index < -0.39 is 34.7 Å². The van der Waals surface area contributed by atoms with Crippen molar-refractivity contribution in [3.8, 4) is 0 Å². The second-order valence-corrected chi connectivity index (χ2v) is 5.64. The largest absolute Gasteiger partial charge is 0.396 e. The zero-order chi connectivity index (χ0) is 16.4. The normalized spacial score (nSPS) is 17.6. The van der Waals surface area contributed by atoms with E-state index in [-0.39, 0.29) is 18.4 Å². The molecule has 0 spiro atoms. The average Bonchev–Trinajstić information content (AvgIpc) is 2.55. The molecule has 0 bridgehead atoms. The summed E-state index contributed by atoms with van der Waals surface area (Å²) in [5, 5.41) is 9.11. The molecule has 1 aliphatic heterocycles. The maximum Gasteiger partial charge on any atom is 0.257 e. The van der Waals surface area contributed by atoms with Crippen molar-refractivity contribution in [3.63, 3.8) is 0 Å². The number of aliphatic hydroxyl groups excluding tert-OH is 1. The van der Waals surface area contributed by atoms with Crippen molar-refractivity contribution in [2.75, 3.05) is 19.7 Å². The number of carbonyl (C=O) groups excluding carboxylic acids is 1. The fourth-order valence-electron chi connectivity index (χ4n) is 2.72. The van der Waals surface area contributed by atoms with Crippen LogP contribution in [0.5, 0.6) is 0 Å². The van der Waals surface area contributed by atoms with Crippen molar-refractivity contribution in [1.82, 2.24) is 4.90 Å². The fourth-order valence-corrected chi connectivity index (χ4v) is 2.72. The van der Waals surface area contributed by atoms with Gasteiger partial charge in [0.15, 0.2) is 23.3 Å². The van der Waals surface area contributed by atoms with E-state index >= 15 is 0 Å². The van der Waals surface area contributed by atoms with Crippen LogP contribution in [-0.4, -0.2) is 35.6 Å². The molecule has 0 aliphatic carbocycles. The third-order valence-electron chi connectivity index (χ3n) is 4.25. The summed E-state index contributed by atoms with van der Waals surface area (Å²) in [4.78, 5) is 13.5. The molecule has 3 nitrogen and oxygen atoms in total. The van der Waals surface area contributed by atoms with Crippen LogP contribution < -0.4 is 0 Å². The van der Waals surface area contributed by atoms with Gasteiger partial charge in [0.2, 0.25) is 0 Å². The summed E-state index contributed by atoms with van der Waals surface area (Å²) < 4.78 is 52.9. The number of halogens is 4. The number of aliphatic hydroxyl groups is 1.